The fraction of sp³-hybridized carbons (Fsp3) is 0.333. The Morgan fingerprint density at radius 2 is 1.88 bits per heavy atom. The van der Waals surface area contributed by atoms with Crippen molar-refractivity contribution in [3.05, 3.63) is 29.8 Å². The van der Waals surface area contributed by atoms with Gasteiger partial charge in [0.1, 0.15) is 6.42 Å². The zero-order valence-electron chi connectivity index (χ0n) is 9.27. The van der Waals surface area contributed by atoms with Gasteiger partial charge in [-0.05, 0) is 26.0 Å². The van der Waals surface area contributed by atoms with Crippen LogP contribution in [0, 0.1) is 6.92 Å². The van der Waals surface area contributed by atoms with Crippen LogP contribution >= 0.6 is 11.8 Å². The van der Waals surface area contributed by atoms with Crippen LogP contribution in [-0.2, 0) is 9.59 Å². The van der Waals surface area contributed by atoms with E-state index >= 15 is 0 Å². The van der Waals surface area contributed by atoms with Crippen molar-refractivity contribution in [2.75, 3.05) is 0 Å². The number of rotatable bonds is 5. The zero-order chi connectivity index (χ0) is 12.1. The molecule has 4 heteroatoms. The van der Waals surface area contributed by atoms with E-state index < -0.39 is 12.4 Å². The normalized spacial score (nSPS) is 12.1. The molecule has 16 heavy (non-hydrogen) atoms. The van der Waals surface area contributed by atoms with Gasteiger partial charge in [-0.1, -0.05) is 17.7 Å². The largest absolute Gasteiger partial charge is 0.481 e. The molecule has 1 atom stereocenters. The Balaban J connectivity index is 2.57. The average Bonchev–Trinajstić information content (AvgIpc) is 2.20. The highest BCUT2D eigenvalue weighted by Gasteiger charge is 2.17. The van der Waals surface area contributed by atoms with E-state index in [0.717, 1.165) is 10.5 Å². The molecule has 0 saturated carbocycles. The number of thioether (sulfide) groups is 1. The lowest BCUT2D eigenvalue weighted by Crippen LogP contribution is -2.17. The number of benzene rings is 1. The molecule has 1 aromatic rings. The summed E-state index contributed by atoms with van der Waals surface area (Å²) in [7, 11) is 0. The van der Waals surface area contributed by atoms with Crippen LogP contribution in [0.2, 0.25) is 0 Å². The van der Waals surface area contributed by atoms with Crippen LogP contribution in [0.1, 0.15) is 18.9 Å². The first-order valence-corrected chi connectivity index (χ1v) is 5.85. The lowest BCUT2D eigenvalue weighted by molar-refractivity contribution is -0.140. The summed E-state index contributed by atoms with van der Waals surface area (Å²) in [6.45, 7) is 3.73. The van der Waals surface area contributed by atoms with Crippen molar-refractivity contribution in [2.45, 2.75) is 30.4 Å². The van der Waals surface area contributed by atoms with Crippen LogP contribution in [0.4, 0.5) is 0 Å². The van der Waals surface area contributed by atoms with Gasteiger partial charge in [-0.25, -0.2) is 0 Å². The molecule has 1 unspecified atom stereocenters. The molecule has 3 nitrogen and oxygen atoms in total. The molecule has 1 N–H and O–H groups in total. The van der Waals surface area contributed by atoms with Crippen molar-refractivity contribution in [2.24, 2.45) is 0 Å². The average molecular weight is 238 g/mol. The van der Waals surface area contributed by atoms with Gasteiger partial charge in [0.25, 0.3) is 0 Å². The predicted molar refractivity (Wildman–Crippen MR) is 63.8 cm³/mol. The second-order valence-corrected chi connectivity index (χ2v) is 5.02. The molecule has 0 spiro atoms. The van der Waals surface area contributed by atoms with Crippen LogP contribution in [0.5, 0.6) is 0 Å². The molecule has 0 aliphatic heterocycles. The van der Waals surface area contributed by atoms with Crippen molar-refractivity contribution in [3.63, 3.8) is 0 Å². The number of Topliss-reactive ketones (excluding diaryl/α,β-unsaturated/α-hetero) is 1. The number of carbonyl (C=O) groups excluding carboxylic acids is 1. The summed E-state index contributed by atoms with van der Waals surface area (Å²) in [5, 5.41) is 8.18. The van der Waals surface area contributed by atoms with Crippen molar-refractivity contribution in [3.8, 4) is 0 Å². The number of hydrogen-bond acceptors (Lipinski definition) is 3. The summed E-state index contributed by atoms with van der Waals surface area (Å²) >= 11 is 1.39. The number of carboxylic acids is 1. The first-order chi connectivity index (χ1) is 7.49. The Morgan fingerprint density at radius 1 is 1.31 bits per heavy atom. The van der Waals surface area contributed by atoms with E-state index in [1.165, 1.54) is 11.8 Å². The van der Waals surface area contributed by atoms with E-state index in [1.807, 2.05) is 31.2 Å². The summed E-state index contributed by atoms with van der Waals surface area (Å²) in [5.74, 6) is -1.32. The summed E-state index contributed by atoms with van der Waals surface area (Å²) < 4.78 is 0. The maximum atomic E-state index is 11.4. The minimum absolute atomic E-state index is 0.252. The van der Waals surface area contributed by atoms with Gasteiger partial charge < -0.3 is 5.11 Å². The van der Waals surface area contributed by atoms with Crippen LogP contribution < -0.4 is 0 Å². The van der Waals surface area contributed by atoms with Gasteiger partial charge >= 0.3 is 5.97 Å². The van der Waals surface area contributed by atoms with E-state index in [2.05, 4.69) is 0 Å². The topological polar surface area (TPSA) is 54.4 Å². The molecular weight excluding hydrogens is 224 g/mol. The van der Waals surface area contributed by atoms with Gasteiger partial charge in [-0.2, -0.15) is 0 Å². The molecule has 0 amide bonds. The number of ketones is 1. The van der Waals surface area contributed by atoms with E-state index in [0.29, 0.717) is 0 Å². The van der Waals surface area contributed by atoms with Gasteiger partial charge in [-0.3, -0.25) is 9.59 Å². The van der Waals surface area contributed by atoms with Crippen molar-refractivity contribution >= 4 is 23.5 Å². The first kappa shape index (κ1) is 12.8. The molecule has 0 aliphatic carbocycles. The lowest BCUT2D eigenvalue weighted by Gasteiger charge is -2.08. The van der Waals surface area contributed by atoms with Gasteiger partial charge in [-0.15, -0.1) is 11.8 Å². The zero-order valence-corrected chi connectivity index (χ0v) is 10.1. The number of carbonyl (C=O) groups is 2. The monoisotopic (exact) mass is 238 g/mol. The third kappa shape index (κ3) is 4.06. The Kier molecular flexibility index (Phi) is 4.55. The molecule has 86 valence electrons. The summed E-state index contributed by atoms with van der Waals surface area (Å²) in [5.41, 5.74) is 1.16. The molecule has 0 fully saturated rings. The van der Waals surface area contributed by atoms with Gasteiger partial charge in [0.05, 0.1) is 5.25 Å². The minimum atomic E-state index is -1.07. The van der Waals surface area contributed by atoms with Gasteiger partial charge in [0, 0.05) is 4.90 Å². The van der Waals surface area contributed by atoms with Crippen molar-refractivity contribution in [1.29, 1.82) is 0 Å². The Morgan fingerprint density at radius 3 is 2.38 bits per heavy atom. The van der Waals surface area contributed by atoms with Crippen LogP contribution in [0.3, 0.4) is 0 Å². The SMILES string of the molecule is Cc1ccc(SC(C)C(=O)CC(=O)O)cc1. The van der Waals surface area contributed by atoms with Crippen LogP contribution in [0.25, 0.3) is 0 Å². The summed E-state index contributed by atoms with van der Waals surface area (Å²) in [6, 6.07) is 7.81. The second-order valence-electron chi connectivity index (χ2n) is 3.61. The number of hydrogen-bond donors (Lipinski definition) is 1. The fourth-order valence-corrected chi connectivity index (χ4v) is 2.10. The van der Waals surface area contributed by atoms with E-state index in [-0.39, 0.29) is 11.0 Å². The highest BCUT2D eigenvalue weighted by atomic mass is 32.2. The molecule has 0 bridgehead atoms. The quantitative estimate of drug-likeness (QED) is 0.632. The Bertz CT molecular complexity index is 384. The summed E-state index contributed by atoms with van der Waals surface area (Å²) in [6.07, 6.45) is -0.403. The lowest BCUT2D eigenvalue weighted by atomic mass is 10.2. The van der Waals surface area contributed by atoms with Gasteiger partial charge in [0.15, 0.2) is 5.78 Å². The highest BCUT2D eigenvalue weighted by molar-refractivity contribution is 8.00. The first-order valence-electron chi connectivity index (χ1n) is 4.97. The standard InChI is InChI=1S/C12H14O3S/c1-8-3-5-10(6-4-8)16-9(2)11(13)7-12(14)15/h3-6,9H,7H2,1-2H3,(H,14,15). The molecule has 0 aliphatic rings. The molecule has 0 saturated heterocycles. The third-order valence-corrected chi connectivity index (χ3v) is 3.27. The fourth-order valence-electron chi connectivity index (χ4n) is 1.18. The van der Waals surface area contributed by atoms with Crippen LogP contribution in [-0.4, -0.2) is 22.1 Å². The molecule has 1 aromatic carbocycles. The van der Waals surface area contributed by atoms with E-state index in [4.69, 9.17) is 5.11 Å². The van der Waals surface area contributed by atoms with Crippen LogP contribution in [0.15, 0.2) is 29.2 Å². The molecule has 0 radical (unpaired) electrons. The molecule has 1 rings (SSSR count). The smallest absolute Gasteiger partial charge is 0.310 e. The number of aliphatic carboxylic acids is 1. The number of carboxylic acid groups (broad SMARTS) is 1. The predicted octanol–water partition coefficient (Wildman–Crippen LogP) is 2.52. The molecule has 0 heterocycles. The van der Waals surface area contributed by atoms with Crippen molar-refractivity contribution in [1.82, 2.24) is 0 Å². The van der Waals surface area contributed by atoms with E-state index in [9.17, 15) is 9.59 Å². The maximum absolute atomic E-state index is 11.4. The third-order valence-electron chi connectivity index (χ3n) is 2.11. The van der Waals surface area contributed by atoms with E-state index in [1.54, 1.807) is 6.92 Å². The maximum Gasteiger partial charge on any atom is 0.310 e. The Hall–Kier alpha value is -1.29. The molecular formula is C12H14O3S. The van der Waals surface area contributed by atoms with Crippen molar-refractivity contribution < 1.29 is 14.7 Å². The summed E-state index contributed by atoms with van der Waals surface area (Å²) in [4.78, 5) is 22.8. The highest BCUT2D eigenvalue weighted by Crippen LogP contribution is 2.24. The van der Waals surface area contributed by atoms with Gasteiger partial charge in [0.2, 0.25) is 0 Å². The Labute approximate surface area is 98.9 Å². The number of aryl methyl sites for hydroxylation is 1. The molecule has 0 aromatic heterocycles. The second kappa shape index (κ2) is 5.70. The minimum Gasteiger partial charge on any atom is -0.481 e.